The molecule has 13 rings (SSSR count). The van der Waals surface area contributed by atoms with Gasteiger partial charge in [-0.05, 0) is 105 Å². The van der Waals surface area contributed by atoms with Crippen LogP contribution >= 0.6 is 0 Å². The second kappa shape index (κ2) is 29.8. The van der Waals surface area contributed by atoms with Crippen LogP contribution in [-0.4, -0.2) is 0 Å². The average molecular weight is 1110 g/mol. The Kier molecular flexibility index (Phi) is 20.9. The van der Waals surface area contributed by atoms with E-state index in [1.807, 2.05) is 78.9 Å². The van der Waals surface area contributed by atoms with E-state index in [0.29, 0.717) is 11.8 Å². The minimum atomic E-state index is -0.345. The van der Waals surface area contributed by atoms with Crippen molar-refractivity contribution in [2.75, 3.05) is 0 Å². The Morgan fingerprint density at radius 1 is 0.302 bits per heavy atom. The second-order valence-electron chi connectivity index (χ2n) is 22.1. The van der Waals surface area contributed by atoms with Crippen molar-refractivity contribution in [3.8, 4) is 35.3 Å². The summed E-state index contributed by atoms with van der Waals surface area (Å²) in [7, 11) is 0. The first-order valence-electron chi connectivity index (χ1n) is 29.9. The van der Waals surface area contributed by atoms with Crippen molar-refractivity contribution in [2.24, 2.45) is 0 Å². The van der Waals surface area contributed by atoms with E-state index < -0.39 is 0 Å². The van der Waals surface area contributed by atoms with Gasteiger partial charge in [0.05, 0.1) is 10.8 Å². The van der Waals surface area contributed by atoms with Crippen molar-refractivity contribution in [3.63, 3.8) is 0 Å². The van der Waals surface area contributed by atoms with Gasteiger partial charge in [0.15, 0.2) is 0 Å². The standard InChI is InChI=1S/C22H18.C20H18.C16H14.C14H12.C14H14/c1-22(20-13-7-3-8-14-20,21-15-9-4-10-16-21)18-17-19-11-5-2-6-12-19;1-20(17-11-5-2-6-12-17,18-13-7-3-8-14-18)19-15-9-4-10-16-19;1-3-16(2,14-10-6-4-7-11-14)15-12-8-5-9-13-15;1-10-11-6-2-4-8-13(11)14-9-5-3-7-12(10)14;1-12(13-8-4-2-5-9-13)14-10-6-3-7-11-14/h2-16H,1H3;2-16H,1H3;1,4-13H,2H3;2-10H,1H3;2-12H,1H3. The summed E-state index contributed by atoms with van der Waals surface area (Å²) in [6.07, 6.45) is 5.72. The molecule has 0 spiro atoms. The maximum atomic E-state index is 5.72. The lowest BCUT2D eigenvalue weighted by Crippen LogP contribution is -2.25. The first kappa shape index (κ1) is 60.4. The Balaban J connectivity index is 0.000000130. The van der Waals surface area contributed by atoms with Crippen LogP contribution in [0.1, 0.15) is 113 Å². The molecule has 12 aromatic carbocycles. The summed E-state index contributed by atoms with van der Waals surface area (Å²) in [5.74, 6) is 10.8. The van der Waals surface area contributed by atoms with Crippen molar-refractivity contribution in [3.05, 3.63) is 419 Å². The van der Waals surface area contributed by atoms with Crippen LogP contribution in [0.5, 0.6) is 0 Å². The number of fused-ring (bicyclic) bond motifs is 3. The molecule has 1 aliphatic carbocycles. The molecular weight excluding hydrogens is 1030 g/mol. The van der Waals surface area contributed by atoms with Crippen molar-refractivity contribution < 1.29 is 0 Å². The second-order valence-corrected chi connectivity index (χ2v) is 22.1. The van der Waals surface area contributed by atoms with Gasteiger partial charge in [-0.2, -0.15) is 0 Å². The fourth-order valence-corrected chi connectivity index (χ4v) is 11.3. The molecule has 0 bridgehead atoms. The van der Waals surface area contributed by atoms with E-state index in [4.69, 9.17) is 6.42 Å². The van der Waals surface area contributed by atoms with E-state index in [9.17, 15) is 0 Å². The molecule has 86 heavy (non-hydrogen) atoms. The van der Waals surface area contributed by atoms with Crippen molar-refractivity contribution in [2.45, 2.75) is 62.7 Å². The predicted octanol–water partition coefficient (Wildman–Crippen LogP) is 21.4. The van der Waals surface area contributed by atoms with Gasteiger partial charge < -0.3 is 0 Å². The van der Waals surface area contributed by atoms with Gasteiger partial charge in [0.1, 0.15) is 0 Å². The number of rotatable bonds is 9. The molecule has 0 aromatic heterocycles. The highest BCUT2D eigenvalue weighted by Gasteiger charge is 2.31. The lowest BCUT2D eigenvalue weighted by molar-refractivity contribution is 0.692. The monoisotopic (exact) mass is 1110 g/mol. The van der Waals surface area contributed by atoms with Gasteiger partial charge in [0.2, 0.25) is 0 Å². The van der Waals surface area contributed by atoms with Gasteiger partial charge in [0.25, 0.3) is 0 Å². The molecule has 0 N–H and O–H groups in total. The minimum absolute atomic E-state index is 0.121. The summed E-state index contributed by atoms with van der Waals surface area (Å²) in [6.45, 7) is 11.1. The molecule has 0 heteroatoms. The molecule has 0 saturated heterocycles. The molecule has 1 aliphatic rings. The topological polar surface area (TPSA) is 0 Å². The predicted molar refractivity (Wildman–Crippen MR) is 366 cm³/mol. The van der Waals surface area contributed by atoms with Gasteiger partial charge in [-0.15, -0.1) is 6.42 Å². The Morgan fingerprint density at radius 2 is 0.547 bits per heavy atom. The van der Waals surface area contributed by atoms with Crippen LogP contribution in [0.2, 0.25) is 0 Å². The highest BCUT2D eigenvalue weighted by Crippen LogP contribution is 2.44. The van der Waals surface area contributed by atoms with E-state index in [1.165, 1.54) is 61.2 Å². The first-order valence-corrected chi connectivity index (χ1v) is 29.9. The van der Waals surface area contributed by atoms with E-state index in [1.54, 1.807) is 0 Å². The summed E-state index contributed by atoms with van der Waals surface area (Å²) in [5, 5.41) is 0. The molecule has 0 saturated carbocycles. The molecule has 0 fully saturated rings. The maximum Gasteiger partial charge on any atom is 0.0787 e. The lowest BCUT2D eigenvalue weighted by Gasteiger charge is -2.31. The number of benzene rings is 12. The number of terminal acetylenes is 1. The third-order valence-corrected chi connectivity index (χ3v) is 16.7. The lowest BCUT2D eigenvalue weighted by atomic mass is 9.71. The van der Waals surface area contributed by atoms with E-state index in [-0.39, 0.29) is 16.2 Å². The average Bonchev–Trinajstić information content (AvgIpc) is 2.60. The molecule has 0 unspecified atom stereocenters. The molecule has 0 nitrogen and oxygen atoms in total. The Hall–Kier alpha value is -10.2. The van der Waals surface area contributed by atoms with Crippen molar-refractivity contribution in [1.29, 1.82) is 0 Å². The third-order valence-electron chi connectivity index (χ3n) is 16.7. The first-order chi connectivity index (χ1) is 42.1. The summed E-state index contributed by atoms with van der Waals surface area (Å²) in [5.41, 5.74) is 17.4. The van der Waals surface area contributed by atoms with E-state index in [0.717, 1.165) is 16.7 Å². The van der Waals surface area contributed by atoms with Crippen LogP contribution in [0, 0.1) is 24.2 Å². The van der Waals surface area contributed by atoms with Gasteiger partial charge in [0, 0.05) is 22.8 Å². The zero-order chi connectivity index (χ0) is 59.9. The SMILES string of the molecule is C#CC(C)(c1ccccc1)c1ccccc1.CC(C#Cc1ccccc1)(c1ccccc1)c1ccccc1.CC(c1ccccc1)(c1ccccc1)c1ccccc1.CC(c1ccccc1)c1ccccc1.CC1c2ccccc2-c2ccccc21. The van der Waals surface area contributed by atoms with Gasteiger partial charge in [-0.25, -0.2) is 0 Å². The molecule has 0 radical (unpaired) electrons. The molecule has 0 aliphatic heterocycles. The van der Waals surface area contributed by atoms with Crippen LogP contribution in [0.25, 0.3) is 11.1 Å². The Labute approximate surface area is 513 Å². The Morgan fingerprint density at radius 3 is 0.849 bits per heavy atom. The Bertz CT molecular complexity index is 3750. The summed E-state index contributed by atoms with van der Waals surface area (Å²) in [4.78, 5) is 0. The molecule has 420 valence electrons. The van der Waals surface area contributed by atoms with Gasteiger partial charge >= 0.3 is 0 Å². The quantitative estimate of drug-likeness (QED) is 0.0998. The number of hydrogen-bond donors (Lipinski definition) is 0. The highest BCUT2D eigenvalue weighted by molar-refractivity contribution is 5.78. The smallest absolute Gasteiger partial charge is 0.0787 e. The molecular formula is C86H76. The third kappa shape index (κ3) is 14.7. The molecule has 12 aromatic rings. The summed E-state index contributed by atoms with van der Waals surface area (Å²) >= 11 is 0. The van der Waals surface area contributed by atoms with Crippen LogP contribution in [0.3, 0.4) is 0 Å². The molecule has 0 atom stereocenters. The largest absolute Gasteiger partial charge is 0.119 e. The molecule has 0 heterocycles. The molecule has 0 amide bonds. The summed E-state index contributed by atoms with van der Waals surface area (Å²) < 4.78 is 0. The van der Waals surface area contributed by atoms with Crippen molar-refractivity contribution >= 4 is 0 Å². The zero-order valence-corrected chi connectivity index (χ0v) is 50.2. The number of hydrogen-bond acceptors (Lipinski definition) is 0. The minimum Gasteiger partial charge on any atom is -0.119 e. The van der Waals surface area contributed by atoms with Crippen molar-refractivity contribution in [1.82, 2.24) is 0 Å². The fraction of sp³-hybridized carbons (Fsp3) is 0.116. The van der Waals surface area contributed by atoms with Gasteiger partial charge in [-0.1, -0.05) is 371 Å². The van der Waals surface area contributed by atoms with E-state index in [2.05, 4.69) is 325 Å². The normalized spacial score (nSPS) is 11.3. The van der Waals surface area contributed by atoms with Gasteiger partial charge in [-0.3, -0.25) is 0 Å². The zero-order valence-electron chi connectivity index (χ0n) is 50.2. The van der Waals surface area contributed by atoms with E-state index >= 15 is 0 Å². The van der Waals surface area contributed by atoms with Crippen LogP contribution in [0.15, 0.2) is 352 Å². The van der Waals surface area contributed by atoms with Crippen LogP contribution < -0.4 is 0 Å². The van der Waals surface area contributed by atoms with Crippen LogP contribution in [-0.2, 0) is 16.2 Å². The fourth-order valence-electron chi connectivity index (χ4n) is 11.3. The summed E-state index contributed by atoms with van der Waals surface area (Å²) in [6, 6.07) is 122. The maximum absolute atomic E-state index is 5.72. The van der Waals surface area contributed by atoms with Crippen LogP contribution in [0.4, 0.5) is 0 Å². The highest BCUT2D eigenvalue weighted by atomic mass is 14.3.